The number of amides is 1. The molecule has 5 N–H and O–H groups in total. The van der Waals surface area contributed by atoms with E-state index in [4.69, 9.17) is 15.2 Å². The Bertz CT molecular complexity index is 914. The van der Waals surface area contributed by atoms with Crippen molar-refractivity contribution in [2.45, 2.75) is 24.9 Å². The predicted molar refractivity (Wildman–Crippen MR) is 112 cm³/mol. The third-order valence-electron chi connectivity index (χ3n) is 5.24. The first-order valence-corrected chi connectivity index (χ1v) is 9.82. The lowest BCUT2D eigenvalue weighted by Gasteiger charge is -2.22. The standard InChI is InChI=1S/C22H27N3O5/c1-29-18-10-9-17(26)19(21(18)30-2)20(27)13-5-7-14(8-6-13)22(28)25-16-4-3-11-24-12-15(16)23/h5-10,15-16,24,26H,3-4,11-12,23H2,1-2H3,(H,25,28)/t15-,16-/m1/s1. The van der Waals surface area contributed by atoms with Crippen LogP contribution in [-0.4, -0.2) is 56.2 Å². The smallest absolute Gasteiger partial charge is 0.251 e. The Labute approximate surface area is 175 Å². The van der Waals surface area contributed by atoms with Crippen molar-refractivity contribution >= 4 is 11.7 Å². The molecule has 1 heterocycles. The summed E-state index contributed by atoms with van der Waals surface area (Å²) >= 11 is 0. The Morgan fingerprint density at radius 3 is 2.47 bits per heavy atom. The van der Waals surface area contributed by atoms with Gasteiger partial charge >= 0.3 is 0 Å². The lowest BCUT2D eigenvalue weighted by molar-refractivity contribution is 0.0928. The molecular weight excluding hydrogens is 386 g/mol. The number of rotatable bonds is 6. The molecule has 0 unspecified atom stereocenters. The van der Waals surface area contributed by atoms with Gasteiger partial charge in [-0.2, -0.15) is 0 Å². The van der Waals surface area contributed by atoms with Gasteiger partial charge in [0.15, 0.2) is 11.5 Å². The van der Waals surface area contributed by atoms with Crippen LogP contribution < -0.4 is 25.8 Å². The van der Waals surface area contributed by atoms with Crippen molar-refractivity contribution < 1.29 is 24.2 Å². The molecule has 2 aromatic rings. The highest BCUT2D eigenvalue weighted by molar-refractivity contribution is 6.13. The summed E-state index contributed by atoms with van der Waals surface area (Å²) in [6, 6.07) is 8.88. The molecule has 0 spiro atoms. The van der Waals surface area contributed by atoms with Crippen molar-refractivity contribution in [2.24, 2.45) is 5.73 Å². The maximum atomic E-state index is 13.0. The average molecular weight is 413 g/mol. The number of carbonyl (C=O) groups excluding carboxylic acids is 2. The molecule has 1 fully saturated rings. The van der Waals surface area contributed by atoms with Gasteiger partial charge < -0.3 is 30.9 Å². The van der Waals surface area contributed by atoms with Gasteiger partial charge in [-0.15, -0.1) is 0 Å². The van der Waals surface area contributed by atoms with E-state index in [0.29, 0.717) is 23.4 Å². The molecule has 1 aliphatic heterocycles. The number of hydrogen-bond acceptors (Lipinski definition) is 7. The van der Waals surface area contributed by atoms with Gasteiger partial charge in [0.2, 0.25) is 5.78 Å². The molecule has 2 aromatic carbocycles. The molecule has 0 bridgehead atoms. The molecule has 1 amide bonds. The molecular formula is C22H27N3O5. The Kier molecular flexibility index (Phi) is 6.91. The summed E-state index contributed by atoms with van der Waals surface area (Å²) < 4.78 is 10.5. The summed E-state index contributed by atoms with van der Waals surface area (Å²) in [6.45, 7) is 1.54. The second kappa shape index (κ2) is 9.60. The first kappa shape index (κ1) is 21.6. The number of phenolic OH excluding ortho intramolecular Hbond substituents is 1. The van der Waals surface area contributed by atoms with Crippen LogP contribution in [0.15, 0.2) is 36.4 Å². The molecule has 160 valence electrons. The van der Waals surface area contributed by atoms with Gasteiger partial charge in [0.1, 0.15) is 11.3 Å². The number of carbonyl (C=O) groups is 2. The summed E-state index contributed by atoms with van der Waals surface area (Å²) in [4.78, 5) is 25.6. The number of methoxy groups -OCH3 is 2. The molecule has 3 rings (SSSR count). The van der Waals surface area contributed by atoms with E-state index < -0.39 is 5.78 Å². The van der Waals surface area contributed by atoms with E-state index in [0.717, 1.165) is 19.4 Å². The lowest BCUT2D eigenvalue weighted by atomic mass is 9.99. The molecule has 1 saturated heterocycles. The number of ether oxygens (including phenoxy) is 2. The molecule has 8 heteroatoms. The third kappa shape index (κ3) is 4.55. The van der Waals surface area contributed by atoms with E-state index in [1.165, 1.54) is 26.4 Å². The van der Waals surface area contributed by atoms with Crippen LogP contribution in [0.25, 0.3) is 0 Å². The first-order valence-electron chi connectivity index (χ1n) is 9.82. The lowest BCUT2D eigenvalue weighted by Crippen LogP contribution is -2.50. The summed E-state index contributed by atoms with van der Waals surface area (Å²) in [6.07, 6.45) is 1.75. The minimum atomic E-state index is -0.438. The molecule has 0 radical (unpaired) electrons. The van der Waals surface area contributed by atoms with Crippen molar-refractivity contribution in [1.29, 1.82) is 0 Å². The van der Waals surface area contributed by atoms with Gasteiger partial charge in [-0.3, -0.25) is 9.59 Å². The Morgan fingerprint density at radius 1 is 1.10 bits per heavy atom. The summed E-state index contributed by atoms with van der Waals surface area (Å²) in [5, 5.41) is 16.4. The fourth-order valence-electron chi connectivity index (χ4n) is 3.56. The fraction of sp³-hybridized carbons (Fsp3) is 0.364. The first-order chi connectivity index (χ1) is 14.5. The maximum Gasteiger partial charge on any atom is 0.251 e. The number of nitrogens with two attached hydrogens (primary N) is 1. The predicted octanol–water partition coefficient (Wildman–Crippen LogP) is 1.45. The minimum absolute atomic E-state index is 0.00554. The number of benzene rings is 2. The van der Waals surface area contributed by atoms with E-state index in [-0.39, 0.29) is 35.1 Å². The summed E-state index contributed by atoms with van der Waals surface area (Å²) in [5.41, 5.74) is 6.87. The van der Waals surface area contributed by atoms with Gasteiger partial charge in [0.25, 0.3) is 5.91 Å². The maximum absolute atomic E-state index is 13.0. The number of aromatic hydroxyl groups is 1. The monoisotopic (exact) mass is 413 g/mol. The Balaban J connectivity index is 1.79. The molecule has 0 saturated carbocycles. The van der Waals surface area contributed by atoms with Crippen LogP contribution in [0, 0.1) is 0 Å². The zero-order chi connectivity index (χ0) is 21.7. The highest BCUT2D eigenvalue weighted by Gasteiger charge is 2.24. The second-order valence-corrected chi connectivity index (χ2v) is 7.19. The number of ketones is 1. The van der Waals surface area contributed by atoms with Crippen LogP contribution in [0.1, 0.15) is 39.1 Å². The Morgan fingerprint density at radius 2 is 1.80 bits per heavy atom. The molecule has 8 nitrogen and oxygen atoms in total. The van der Waals surface area contributed by atoms with Crippen LogP contribution in [0.3, 0.4) is 0 Å². The topological polar surface area (TPSA) is 123 Å². The van der Waals surface area contributed by atoms with Crippen molar-refractivity contribution in [2.75, 3.05) is 27.3 Å². The normalized spacial score (nSPS) is 18.9. The highest BCUT2D eigenvalue weighted by atomic mass is 16.5. The molecule has 30 heavy (non-hydrogen) atoms. The third-order valence-corrected chi connectivity index (χ3v) is 5.24. The van der Waals surface area contributed by atoms with Crippen LogP contribution in [-0.2, 0) is 0 Å². The molecule has 0 aromatic heterocycles. The second-order valence-electron chi connectivity index (χ2n) is 7.19. The van der Waals surface area contributed by atoms with Crippen molar-refractivity contribution in [3.05, 3.63) is 53.1 Å². The number of nitrogens with one attached hydrogen (secondary N) is 2. The summed E-state index contributed by atoms with van der Waals surface area (Å²) in [7, 11) is 2.85. The van der Waals surface area contributed by atoms with E-state index in [1.807, 2.05) is 0 Å². The van der Waals surface area contributed by atoms with Gasteiger partial charge in [-0.1, -0.05) is 12.1 Å². The van der Waals surface area contributed by atoms with Crippen LogP contribution in [0.2, 0.25) is 0 Å². The zero-order valence-corrected chi connectivity index (χ0v) is 17.1. The SMILES string of the molecule is COc1ccc(O)c(C(=O)c2ccc(C(=O)N[C@@H]3CCCNC[C@H]3N)cc2)c1OC. The van der Waals surface area contributed by atoms with Gasteiger partial charge in [0.05, 0.1) is 14.2 Å². The highest BCUT2D eigenvalue weighted by Crippen LogP contribution is 2.38. The fourth-order valence-corrected chi connectivity index (χ4v) is 3.56. The van der Waals surface area contributed by atoms with Gasteiger partial charge in [-0.25, -0.2) is 0 Å². The van der Waals surface area contributed by atoms with Gasteiger partial charge in [-0.05, 0) is 43.7 Å². The minimum Gasteiger partial charge on any atom is -0.507 e. The molecule has 0 aliphatic carbocycles. The van der Waals surface area contributed by atoms with Crippen LogP contribution >= 0.6 is 0 Å². The van der Waals surface area contributed by atoms with Crippen LogP contribution in [0.5, 0.6) is 17.2 Å². The number of hydrogen-bond donors (Lipinski definition) is 4. The average Bonchev–Trinajstić information content (AvgIpc) is 2.97. The van der Waals surface area contributed by atoms with Crippen molar-refractivity contribution in [3.63, 3.8) is 0 Å². The zero-order valence-electron chi connectivity index (χ0n) is 17.1. The van der Waals surface area contributed by atoms with Crippen LogP contribution in [0.4, 0.5) is 0 Å². The van der Waals surface area contributed by atoms with E-state index in [2.05, 4.69) is 10.6 Å². The van der Waals surface area contributed by atoms with E-state index in [9.17, 15) is 14.7 Å². The number of phenols is 1. The van der Waals surface area contributed by atoms with Gasteiger partial charge in [0, 0.05) is 29.8 Å². The van der Waals surface area contributed by atoms with E-state index in [1.54, 1.807) is 24.3 Å². The quantitative estimate of drug-likeness (QED) is 0.529. The van der Waals surface area contributed by atoms with E-state index >= 15 is 0 Å². The molecule has 1 aliphatic rings. The Hall–Kier alpha value is -3.10. The van der Waals surface area contributed by atoms with Crippen molar-refractivity contribution in [1.82, 2.24) is 10.6 Å². The largest absolute Gasteiger partial charge is 0.507 e. The van der Waals surface area contributed by atoms with Crippen molar-refractivity contribution in [3.8, 4) is 17.2 Å². The molecule has 2 atom stereocenters. The summed E-state index contributed by atoms with van der Waals surface area (Å²) in [5.74, 6) is -0.398.